The molecule has 0 aromatic carbocycles. The van der Waals surface area contributed by atoms with Crippen LogP contribution >= 0.6 is 0 Å². The van der Waals surface area contributed by atoms with Crippen LogP contribution in [0.4, 0.5) is 13.2 Å². The fraction of sp³-hybridized carbons (Fsp3) is 0.533. The summed E-state index contributed by atoms with van der Waals surface area (Å²) in [5.74, 6) is -2.50. The SMILES string of the molecule is CCN(CC)CCNC(=O)Cc1[nH]c(C=O)c(C(F)(F)F)c1C(=O)O. The standard InChI is InChI=1S/C15H20F3N3O4/c1-3-21(4-2)6-5-19-11(23)7-9-12(14(24)25)13(15(16,17)18)10(8-22)20-9/h8,20H,3-7H2,1-2H3,(H,19,23)(H,24,25). The van der Waals surface area contributed by atoms with Crippen molar-refractivity contribution < 1.29 is 32.7 Å². The predicted molar refractivity (Wildman–Crippen MR) is 82.6 cm³/mol. The van der Waals surface area contributed by atoms with E-state index in [2.05, 4.69) is 10.3 Å². The molecule has 0 spiro atoms. The zero-order valence-electron chi connectivity index (χ0n) is 13.9. The van der Waals surface area contributed by atoms with Gasteiger partial charge < -0.3 is 20.3 Å². The average molecular weight is 363 g/mol. The van der Waals surface area contributed by atoms with Crippen LogP contribution in [0.1, 0.15) is 46.0 Å². The Balaban J connectivity index is 2.95. The molecule has 10 heteroatoms. The second kappa shape index (κ2) is 8.65. The summed E-state index contributed by atoms with van der Waals surface area (Å²) < 4.78 is 39.1. The summed E-state index contributed by atoms with van der Waals surface area (Å²) in [7, 11) is 0. The van der Waals surface area contributed by atoms with Crippen molar-refractivity contribution in [3.63, 3.8) is 0 Å². The van der Waals surface area contributed by atoms with Crippen molar-refractivity contribution in [2.75, 3.05) is 26.2 Å². The highest BCUT2D eigenvalue weighted by Crippen LogP contribution is 2.36. The van der Waals surface area contributed by atoms with Crippen LogP contribution in [0.3, 0.4) is 0 Å². The smallest absolute Gasteiger partial charge is 0.419 e. The third kappa shape index (κ3) is 5.31. The highest BCUT2D eigenvalue weighted by atomic mass is 19.4. The van der Waals surface area contributed by atoms with E-state index in [9.17, 15) is 27.6 Å². The normalized spacial score (nSPS) is 11.6. The highest BCUT2D eigenvalue weighted by molar-refractivity contribution is 5.96. The fourth-order valence-electron chi connectivity index (χ4n) is 2.44. The number of aromatic nitrogens is 1. The lowest BCUT2D eigenvalue weighted by Crippen LogP contribution is -2.35. The molecular formula is C15H20F3N3O4. The van der Waals surface area contributed by atoms with Crippen LogP contribution in [0.15, 0.2) is 0 Å². The molecular weight excluding hydrogens is 343 g/mol. The number of aromatic carboxylic acids is 1. The summed E-state index contributed by atoms with van der Waals surface area (Å²) in [5.41, 5.74) is -4.03. The molecule has 0 saturated carbocycles. The van der Waals surface area contributed by atoms with Gasteiger partial charge in [0.25, 0.3) is 0 Å². The molecule has 1 aromatic rings. The Bertz CT molecular complexity index is 637. The van der Waals surface area contributed by atoms with Crippen molar-refractivity contribution in [2.45, 2.75) is 26.4 Å². The van der Waals surface area contributed by atoms with Crippen LogP contribution in [0, 0.1) is 0 Å². The van der Waals surface area contributed by atoms with Crippen molar-refractivity contribution in [3.8, 4) is 0 Å². The Kier molecular flexibility index (Phi) is 7.16. The topological polar surface area (TPSA) is 103 Å². The Morgan fingerprint density at radius 3 is 2.32 bits per heavy atom. The molecule has 0 saturated heterocycles. The summed E-state index contributed by atoms with van der Waals surface area (Å²) in [4.78, 5) is 38.1. The number of H-pyrrole nitrogens is 1. The molecule has 0 unspecified atom stereocenters. The molecule has 0 fully saturated rings. The largest absolute Gasteiger partial charge is 0.478 e. The second-order valence-corrected chi connectivity index (χ2v) is 5.24. The number of likely N-dealkylation sites (N-methyl/N-ethyl adjacent to an activating group) is 1. The zero-order chi connectivity index (χ0) is 19.2. The van der Waals surface area contributed by atoms with Crippen molar-refractivity contribution in [1.82, 2.24) is 15.2 Å². The maximum Gasteiger partial charge on any atom is 0.419 e. The van der Waals surface area contributed by atoms with Crippen LogP contribution in [0.2, 0.25) is 0 Å². The van der Waals surface area contributed by atoms with E-state index in [0.717, 1.165) is 13.1 Å². The van der Waals surface area contributed by atoms with Gasteiger partial charge >= 0.3 is 12.1 Å². The van der Waals surface area contributed by atoms with Crippen LogP contribution in [-0.4, -0.2) is 59.3 Å². The minimum absolute atomic E-state index is 0.114. The number of carbonyl (C=O) groups excluding carboxylic acids is 2. The lowest BCUT2D eigenvalue weighted by molar-refractivity contribution is -0.138. The van der Waals surface area contributed by atoms with Crippen molar-refractivity contribution >= 4 is 18.2 Å². The van der Waals surface area contributed by atoms with Gasteiger partial charge in [0.2, 0.25) is 5.91 Å². The molecule has 25 heavy (non-hydrogen) atoms. The molecule has 0 radical (unpaired) electrons. The van der Waals surface area contributed by atoms with Gasteiger partial charge in [-0.05, 0) is 13.1 Å². The number of amides is 1. The first-order chi connectivity index (χ1) is 11.6. The van der Waals surface area contributed by atoms with Gasteiger partial charge in [-0.25, -0.2) is 4.79 Å². The van der Waals surface area contributed by atoms with E-state index in [1.807, 2.05) is 18.7 Å². The van der Waals surface area contributed by atoms with Crippen LogP contribution in [-0.2, 0) is 17.4 Å². The summed E-state index contributed by atoms with van der Waals surface area (Å²) in [6, 6.07) is 0. The average Bonchev–Trinajstić information content (AvgIpc) is 2.90. The number of carbonyl (C=O) groups is 3. The van der Waals surface area contributed by atoms with Gasteiger partial charge in [0.15, 0.2) is 6.29 Å². The van der Waals surface area contributed by atoms with Gasteiger partial charge in [0.05, 0.1) is 23.2 Å². The Morgan fingerprint density at radius 1 is 1.28 bits per heavy atom. The molecule has 1 heterocycles. The van der Waals surface area contributed by atoms with Gasteiger partial charge in [0, 0.05) is 18.8 Å². The summed E-state index contributed by atoms with van der Waals surface area (Å²) in [6.45, 7) is 6.29. The highest BCUT2D eigenvalue weighted by Gasteiger charge is 2.41. The monoisotopic (exact) mass is 363 g/mol. The molecule has 0 aliphatic carbocycles. The number of nitrogens with one attached hydrogen (secondary N) is 2. The van der Waals surface area contributed by atoms with E-state index < -0.39 is 47.0 Å². The van der Waals surface area contributed by atoms with Crippen molar-refractivity contribution in [3.05, 3.63) is 22.5 Å². The van der Waals surface area contributed by atoms with Gasteiger partial charge in [0.1, 0.15) is 0 Å². The van der Waals surface area contributed by atoms with E-state index >= 15 is 0 Å². The number of carboxylic acids is 1. The Labute approximate surface area is 142 Å². The van der Waals surface area contributed by atoms with Crippen molar-refractivity contribution in [2.24, 2.45) is 0 Å². The fourth-order valence-corrected chi connectivity index (χ4v) is 2.44. The number of aldehydes is 1. The summed E-state index contributed by atoms with van der Waals surface area (Å²) >= 11 is 0. The zero-order valence-corrected chi connectivity index (χ0v) is 13.9. The van der Waals surface area contributed by atoms with E-state index in [1.54, 1.807) is 0 Å². The molecule has 1 rings (SSSR count). The molecule has 0 aliphatic rings. The molecule has 1 aromatic heterocycles. The van der Waals surface area contributed by atoms with Gasteiger partial charge in [-0.1, -0.05) is 13.8 Å². The van der Waals surface area contributed by atoms with Crippen LogP contribution in [0.5, 0.6) is 0 Å². The number of halogens is 3. The summed E-state index contributed by atoms with van der Waals surface area (Å²) in [6.07, 6.45) is -5.74. The van der Waals surface area contributed by atoms with Gasteiger partial charge in [-0.15, -0.1) is 0 Å². The van der Waals surface area contributed by atoms with E-state index in [1.165, 1.54) is 0 Å². The minimum Gasteiger partial charge on any atom is -0.478 e. The van der Waals surface area contributed by atoms with E-state index in [-0.39, 0.29) is 12.8 Å². The third-order valence-corrected chi connectivity index (χ3v) is 3.70. The quantitative estimate of drug-likeness (QED) is 0.578. The number of rotatable bonds is 9. The number of aromatic amines is 1. The molecule has 0 bridgehead atoms. The molecule has 3 N–H and O–H groups in total. The lowest BCUT2D eigenvalue weighted by Gasteiger charge is -2.17. The lowest BCUT2D eigenvalue weighted by atomic mass is 10.1. The van der Waals surface area contributed by atoms with Gasteiger partial charge in [-0.2, -0.15) is 13.2 Å². The van der Waals surface area contributed by atoms with E-state index in [4.69, 9.17) is 5.11 Å². The predicted octanol–water partition coefficient (Wildman–Crippen LogP) is 1.54. The second-order valence-electron chi connectivity index (χ2n) is 5.24. The third-order valence-electron chi connectivity index (χ3n) is 3.70. The number of hydrogen-bond acceptors (Lipinski definition) is 4. The minimum atomic E-state index is -5.03. The first-order valence-electron chi connectivity index (χ1n) is 7.65. The molecule has 1 amide bonds. The Morgan fingerprint density at radius 2 is 1.88 bits per heavy atom. The maximum atomic E-state index is 13.0. The number of nitrogens with zero attached hydrogens (tertiary/aromatic N) is 1. The first kappa shape index (κ1) is 20.7. The molecule has 140 valence electrons. The molecule has 7 nitrogen and oxygen atoms in total. The Hall–Kier alpha value is -2.36. The maximum absolute atomic E-state index is 13.0. The number of alkyl halides is 3. The first-order valence-corrected chi connectivity index (χ1v) is 7.65. The van der Waals surface area contributed by atoms with Crippen molar-refractivity contribution in [1.29, 1.82) is 0 Å². The van der Waals surface area contributed by atoms with Crippen LogP contribution in [0.25, 0.3) is 0 Å². The summed E-state index contributed by atoms with van der Waals surface area (Å²) in [5, 5.41) is 11.6. The molecule has 0 aliphatic heterocycles. The van der Waals surface area contributed by atoms with Crippen LogP contribution < -0.4 is 5.32 Å². The van der Waals surface area contributed by atoms with Gasteiger partial charge in [-0.3, -0.25) is 9.59 Å². The molecule has 0 atom stereocenters. The number of hydrogen-bond donors (Lipinski definition) is 3. The number of carboxylic acid groups (broad SMARTS) is 1. The van der Waals surface area contributed by atoms with E-state index in [0.29, 0.717) is 6.54 Å².